The minimum absolute atomic E-state index is 0.208. The number of amides is 1. The molecule has 0 unspecified atom stereocenters. The summed E-state index contributed by atoms with van der Waals surface area (Å²) in [6, 6.07) is 13.9. The largest absolute Gasteiger partial charge is 0.467 e. The first-order chi connectivity index (χ1) is 16.8. The van der Waals surface area contributed by atoms with Gasteiger partial charge in [-0.3, -0.25) is 9.69 Å². The van der Waals surface area contributed by atoms with E-state index in [4.69, 9.17) is 9.40 Å². The van der Waals surface area contributed by atoms with E-state index in [-0.39, 0.29) is 17.3 Å². The summed E-state index contributed by atoms with van der Waals surface area (Å²) in [5.74, 6) is 0.369. The maximum Gasteiger partial charge on any atom is 0.260 e. The van der Waals surface area contributed by atoms with Crippen LogP contribution in [0.25, 0.3) is 10.2 Å². The van der Waals surface area contributed by atoms with Gasteiger partial charge in [0.2, 0.25) is 10.0 Å². The van der Waals surface area contributed by atoms with Crippen LogP contribution in [0, 0.1) is 13.8 Å². The molecule has 0 radical (unpaired) electrons. The van der Waals surface area contributed by atoms with E-state index in [1.165, 1.54) is 27.8 Å². The first kappa shape index (κ1) is 23.7. The summed E-state index contributed by atoms with van der Waals surface area (Å²) < 4.78 is 34.1. The zero-order valence-corrected chi connectivity index (χ0v) is 21.4. The molecule has 0 atom stereocenters. The highest BCUT2D eigenvalue weighted by atomic mass is 32.2. The molecule has 0 aliphatic carbocycles. The Labute approximate surface area is 209 Å². The molecule has 7 nitrogen and oxygen atoms in total. The van der Waals surface area contributed by atoms with E-state index < -0.39 is 10.0 Å². The molecule has 0 bridgehead atoms. The second kappa shape index (κ2) is 9.56. The first-order valence-corrected chi connectivity index (χ1v) is 13.9. The van der Waals surface area contributed by atoms with Crippen molar-refractivity contribution < 1.29 is 17.6 Å². The molecule has 4 aromatic rings. The lowest BCUT2D eigenvalue weighted by Gasteiger charge is -2.26. The number of thiazole rings is 1. The Balaban J connectivity index is 1.48. The Kier molecular flexibility index (Phi) is 6.48. The van der Waals surface area contributed by atoms with E-state index in [0.717, 1.165) is 40.6 Å². The highest BCUT2D eigenvalue weighted by Gasteiger charge is 2.27. The lowest BCUT2D eigenvalue weighted by molar-refractivity contribution is 0.0983. The van der Waals surface area contributed by atoms with Crippen LogP contribution in [0.15, 0.2) is 64.1 Å². The van der Waals surface area contributed by atoms with E-state index in [9.17, 15) is 13.2 Å². The third kappa shape index (κ3) is 4.63. The number of rotatable bonds is 6. The smallest absolute Gasteiger partial charge is 0.260 e. The van der Waals surface area contributed by atoms with Gasteiger partial charge < -0.3 is 4.42 Å². The summed E-state index contributed by atoms with van der Waals surface area (Å²) in [5, 5.41) is 0.573. The van der Waals surface area contributed by atoms with Gasteiger partial charge in [-0.05, 0) is 74.2 Å². The standard InChI is InChI=1S/C26H27N3O4S2/c1-18-8-9-19(2)24-23(18)27-26(34-24)29(17-21-7-6-16-33-21)25(30)20-10-12-22(13-11-20)35(31,32)28-14-4-3-5-15-28/h6-13,16H,3-5,14-15,17H2,1-2H3. The highest BCUT2D eigenvalue weighted by molar-refractivity contribution is 7.89. The minimum Gasteiger partial charge on any atom is -0.467 e. The molecular weight excluding hydrogens is 482 g/mol. The van der Waals surface area contributed by atoms with Crippen LogP contribution >= 0.6 is 11.3 Å². The molecule has 2 aromatic heterocycles. The van der Waals surface area contributed by atoms with E-state index in [2.05, 4.69) is 6.07 Å². The first-order valence-electron chi connectivity index (χ1n) is 11.7. The summed E-state index contributed by atoms with van der Waals surface area (Å²) in [5.41, 5.74) is 3.42. The second-order valence-electron chi connectivity index (χ2n) is 8.83. The third-order valence-corrected chi connectivity index (χ3v) is 9.48. The van der Waals surface area contributed by atoms with Crippen molar-refractivity contribution in [2.24, 2.45) is 0 Å². The van der Waals surface area contributed by atoms with Crippen molar-refractivity contribution >= 4 is 42.6 Å². The van der Waals surface area contributed by atoms with Gasteiger partial charge in [0.1, 0.15) is 5.76 Å². The van der Waals surface area contributed by atoms with Gasteiger partial charge in [-0.1, -0.05) is 29.9 Å². The summed E-state index contributed by atoms with van der Waals surface area (Å²) in [6.07, 6.45) is 4.37. The molecule has 1 amide bonds. The number of aryl methyl sites for hydroxylation is 2. The van der Waals surface area contributed by atoms with Gasteiger partial charge in [-0.15, -0.1) is 0 Å². The van der Waals surface area contributed by atoms with Crippen molar-refractivity contribution in [3.8, 4) is 0 Å². The number of benzene rings is 2. The molecule has 1 aliphatic heterocycles. The number of hydrogen-bond donors (Lipinski definition) is 0. The molecule has 0 N–H and O–H groups in total. The van der Waals surface area contributed by atoms with E-state index in [1.54, 1.807) is 29.4 Å². The number of nitrogens with zero attached hydrogens (tertiary/aromatic N) is 3. The number of carbonyl (C=O) groups is 1. The Morgan fingerprint density at radius 2 is 1.74 bits per heavy atom. The van der Waals surface area contributed by atoms with Crippen LogP contribution in [0.1, 0.15) is 46.5 Å². The number of sulfonamides is 1. The summed E-state index contributed by atoms with van der Waals surface area (Å²) >= 11 is 1.47. The summed E-state index contributed by atoms with van der Waals surface area (Å²) in [6.45, 7) is 5.33. The van der Waals surface area contributed by atoms with Gasteiger partial charge in [0, 0.05) is 18.7 Å². The number of hydrogen-bond acceptors (Lipinski definition) is 6. The highest BCUT2D eigenvalue weighted by Crippen LogP contribution is 2.34. The number of piperidine rings is 1. The predicted octanol–water partition coefficient (Wildman–Crippen LogP) is 5.53. The zero-order chi connectivity index (χ0) is 24.6. The van der Waals surface area contributed by atoms with Crippen molar-refractivity contribution in [3.05, 3.63) is 77.2 Å². The van der Waals surface area contributed by atoms with Gasteiger partial charge in [0.25, 0.3) is 5.91 Å². The lowest BCUT2D eigenvalue weighted by atomic mass is 10.1. The van der Waals surface area contributed by atoms with E-state index in [1.807, 2.05) is 26.0 Å². The number of aromatic nitrogens is 1. The Bertz CT molecular complexity index is 1410. The number of anilines is 1. The van der Waals surface area contributed by atoms with Crippen LogP contribution in [0.3, 0.4) is 0 Å². The van der Waals surface area contributed by atoms with Crippen molar-refractivity contribution in [3.63, 3.8) is 0 Å². The number of fused-ring (bicyclic) bond motifs is 1. The molecule has 182 valence electrons. The van der Waals surface area contributed by atoms with Crippen LogP contribution < -0.4 is 4.90 Å². The van der Waals surface area contributed by atoms with Crippen LogP contribution in [0.2, 0.25) is 0 Å². The number of furan rings is 1. The molecule has 35 heavy (non-hydrogen) atoms. The maximum absolute atomic E-state index is 13.7. The molecule has 1 aliphatic rings. The molecule has 2 aromatic carbocycles. The fourth-order valence-corrected chi connectivity index (χ4v) is 6.95. The topological polar surface area (TPSA) is 83.7 Å². The second-order valence-corrected chi connectivity index (χ2v) is 11.7. The number of carbonyl (C=O) groups excluding carboxylic acids is 1. The molecule has 1 fully saturated rings. The van der Waals surface area contributed by atoms with Crippen LogP contribution in [-0.4, -0.2) is 36.7 Å². The SMILES string of the molecule is Cc1ccc(C)c2sc(N(Cc3ccco3)C(=O)c3ccc(S(=O)(=O)N4CCCCC4)cc3)nc12. The quantitative estimate of drug-likeness (QED) is 0.341. The van der Waals surface area contributed by atoms with Crippen molar-refractivity contribution in [2.75, 3.05) is 18.0 Å². The van der Waals surface area contributed by atoms with Crippen LogP contribution in [0.5, 0.6) is 0 Å². The molecule has 9 heteroatoms. The monoisotopic (exact) mass is 509 g/mol. The fraction of sp³-hybridized carbons (Fsp3) is 0.308. The fourth-order valence-electron chi connectivity index (χ4n) is 4.33. The van der Waals surface area contributed by atoms with Gasteiger partial charge in [0.05, 0.1) is 27.9 Å². The third-order valence-electron chi connectivity index (χ3n) is 6.36. The molecule has 0 saturated carbocycles. The van der Waals surface area contributed by atoms with Crippen LogP contribution in [0.4, 0.5) is 5.13 Å². The van der Waals surface area contributed by atoms with Crippen molar-refractivity contribution in [1.29, 1.82) is 0 Å². The van der Waals surface area contributed by atoms with Gasteiger partial charge in [0.15, 0.2) is 5.13 Å². The molecule has 3 heterocycles. The minimum atomic E-state index is -3.56. The van der Waals surface area contributed by atoms with E-state index in [0.29, 0.717) is 29.5 Å². The van der Waals surface area contributed by atoms with Gasteiger partial charge >= 0.3 is 0 Å². The molecular formula is C26H27N3O4S2. The Hall–Kier alpha value is -3.01. The maximum atomic E-state index is 13.7. The predicted molar refractivity (Wildman–Crippen MR) is 137 cm³/mol. The summed E-state index contributed by atoms with van der Waals surface area (Å²) in [7, 11) is -3.56. The Morgan fingerprint density at radius 3 is 2.40 bits per heavy atom. The normalized spacial score (nSPS) is 14.9. The average molecular weight is 510 g/mol. The van der Waals surface area contributed by atoms with Crippen molar-refractivity contribution in [1.82, 2.24) is 9.29 Å². The van der Waals surface area contributed by atoms with Crippen molar-refractivity contribution in [2.45, 2.75) is 44.6 Å². The molecule has 1 saturated heterocycles. The summed E-state index contributed by atoms with van der Waals surface area (Å²) in [4.78, 5) is 20.3. The average Bonchev–Trinajstić information content (AvgIpc) is 3.56. The van der Waals surface area contributed by atoms with Crippen LogP contribution in [-0.2, 0) is 16.6 Å². The lowest BCUT2D eigenvalue weighted by Crippen LogP contribution is -2.35. The Morgan fingerprint density at radius 1 is 1.03 bits per heavy atom. The molecule has 0 spiro atoms. The van der Waals surface area contributed by atoms with Gasteiger partial charge in [-0.25, -0.2) is 13.4 Å². The van der Waals surface area contributed by atoms with Gasteiger partial charge in [-0.2, -0.15) is 4.31 Å². The zero-order valence-electron chi connectivity index (χ0n) is 19.7. The molecule has 5 rings (SSSR count). The van der Waals surface area contributed by atoms with E-state index >= 15 is 0 Å².